The Morgan fingerprint density at radius 1 is 1.43 bits per heavy atom. The Kier molecular flexibility index (Phi) is 1.97. The van der Waals surface area contributed by atoms with Gasteiger partial charge in [-0.05, 0) is 32.0 Å². The lowest BCUT2D eigenvalue weighted by Gasteiger charge is -2.06. The number of fused-ring (bicyclic) bond motifs is 1. The molecule has 0 unspecified atom stereocenters. The van der Waals surface area contributed by atoms with Gasteiger partial charge in [-0.15, -0.1) is 0 Å². The van der Waals surface area contributed by atoms with Crippen LogP contribution in [0, 0.1) is 11.3 Å². The van der Waals surface area contributed by atoms with Gasteiger partial charge in [0.2, 0.25) is 0 Å². The minimum atomic E-state index is 0.348. The topological polar surface area (TPSA) is 41.6 Å². The van der Waals surface area contributed by atoms with Gasteiger partial charge >= 0.3 is 0 Å². The lowest BCUT2D eigenvalue weighted by atomic mass is 10.2. The average Bonchev–Trinajstić information content (AvgIpc) is 2.59. The van der Waals surface area contributed by atoms with Crippen LogP contribution in [-0.2, 0) is 0 Å². The van der Waals surface area contributed by atoms with E-state index < -0.39 is 0 Å². The molecule has 1 heterocycles. The van der Waals surface area contributed by atoms with E-state index in [4.69, 9.17) is 5.26 Å². The zero-order chi connectivity index (χ0) is 10.1. The molecule has 3 heteroatoms. The summed E-state index contributed by atoms with van der Waals surface area (Å²) in [5.41, 5.74) is 1.76. The predicted octanol–water partition coefficient (Wildman–Crippen LogP) is 2.49. The maximum absolute atomic E-state index is 8.74. The second-order valence-corrected chi connectivity index (χ2v) is 3.57. The van der Waals surface area contributed by atoms with Gasteiger partial charge in [-0.1, -0.05) is 0 Å². The summed E-state index contributed by atoms with van der Waals surface area (Å²) < 4.78 is 1.95. The molecule has 2 rings (SSSR count). The normalized spacial score (nSPS) is 10.7. The first kappa shape index (κ1) is 8.76. The summed E-state index contributed by atoms with van der Waals surface area (Å²) in [6, 6.07) is 8.10. The Balaban J connectivity index is 2.67. The maximum atomic E-state index is 8.74. The van der Waals surface area contributed by atoms with Crippen molar-refractivity contribution in [2.24, 2.45) is 0 Å². The molecule has 0 spiro atoms. The molecular weight excluding hydrogens is 174 g/mol. The van der Waals surface area contributed by atoms with Gasteiger partial charge in [0, 0.05) is 11.4 Å². The summed E-state index contributed by atoms with van der Waals surface area (Å²) in [5, 5.41) is 14.0. The third kappa shape index (κ3) is 1.25. The Labute approximate surface area is 82.6 Å². The lowest BCUT2D eigenvalue weighted by molar-refractivity contribution is 0.551. The second kappa shape index (κ2) is 3.15. The molecule has 1 aromatic heterocycles. The third-order valence-electron chi connectivity index (χ3n) is 2.21. The van der Waals surface area contributed by atoms with Crippen molar-refractivity contribution >= 4 is 10.9 Å². The Morgan fingerprint density at radius 2 is 2.21 bits per heavy atom. The van der Waals surface area contributed by atoms with E-state index >= 15 is 0 Å². The first-order chi connectivity index (χ1) is 6.72. The van der Waals surface area contributed by atoms with E-state index in [-0.39, 0.29) is 0 Å². The van der Waals surface area contributed by atoms with Crippen LogP contribution in [0.5, 0.6) is 0 Å². The zero-order valence-electron chi connectivity index (χ0n) is 8.23. The van der Waals surface area contributed by atoms with Crippen molar-refractivity contribution in [3.63, 3.8) is 0 Å². The molecule has 0 amide bonds. The number of hydrogen-bond donors (Lipinski definition) is 0. The fraction of sp³-hybridized carbons (Fsp3) is 0.273. The molecule has 0 saturated carbocycles. The molecule has 0 fully saturated rings. The Morgan fingerprint density at radius 3 is 2.86 bits per heavy atom. The van der Waals surface area contributed by atoms with Gasteiger partial charge in [0.1, 0.15) is 0 Å². The van der Waals surface area contributed by atoms with Crippen molar-refractivity contribution in [2.75, 3.05) is 0 Å². The number of aromatic nitrogens is 2. The number of nitriles is 1. The monoisotopic (exact) mass is 185 g/mol. The predicted molar refractivity (Wildman–Crippen MR) is 54.8 cm³/mol. The molecule has 3 nitrogen and oxygen atoms in total. The molecule has 0 aliphatic carbocycles. The number of benzene rings is 1. The molecule has 1 aromatic carbocycles. The van der Waals surface area contributed by atoms with Crippen LogP contribution in [0.25, 0.3) is 10.9 Å². The summed E-state index contributed by atoms with van der Waals surface area (Å²) >= 11 is 0. The van der Waals surface area contributed by atoms with Crippen molar-refractivity contribution in [1.82, 2.24) is 9.78 Å². The molecular formula is C11H11N3. The van der Waals surface area contributed by atoms with Crippen molar-refractivity contribution < 1.29 is 0 Å². The van der Waals surface area contributed by atoms with Gasteiger partial charge in [0.05, 0.1) is 23.3 Å². The van der Waals surface area contributed by atoms with Crippen molar-refractivity contribution in [3.05, 3.63) is 30.0 Å². The van der Waals surface area contributed by atoms with E-state index in [2.05, 4.69) is 25.0 Å². The number of hydrogen-bond acceptors (Lipinski definition) is 2. The first-order valence-corrected chi connectivity index (χ1v) is 4.60. The molecule has 0 radical (unpaired) electrons. The van der Waals surface area contributed by atoms with E-state index in [9.17, 15) is 0 Å². The molecule has 0 bridgehead atoms. The third-order valence-corrected chi connectivity index (χ3v) is 2.21. The van der Waals surface area contributed by atoms with E-state index in [0.29, 0.717) is 11.6 Å². The summed E-state index contributed by atoms with van der Waals surface area (Å²) in [6.45, 7) is 4.18. The van der Waals surface area contributed by atoms with E-state index in [1.807, 2.05) is 22.9 Å². The molecule has 70 valence electrons. The molecule has 0 aliphatic heterocycles. The maximum Gasteiger partial charge on any atom is 0.0991 e. The van der Waals surface area contributed by atoms with Crippen molar-refractivity contribution in [1.29, 1.82) is 5.26 Å². The summed E-state index contributed by atoms with van der Waals surface area (Å²) in [5.74, 6) is 0. The van der Waals surface area contributed by atoms with Crippen LogP contribution in [0.1, 0.15) is 25.5 Å². The van der Waals surface area contributed by atoms with Crippen LogP contribution in [-0.4, -0.2) is 9.78 Å². The molecule has 0 atom stereocenters. The van der Waals surface area contributed by atoms with Gasteiger partial charge in [0.15, 0.2) is 0 Å². The average molecular weight is 185 g/mol. The highest BCUT2D eigenvalue weighted by molar-refractivity contribution is 5.80. The standard InChI is InChI=1S/C11H11N3/c1-8(2)14-11-4-3-9(6-12)5-10(11)7-13-14/h3-5,7-8H,1-2H3. The van der Waals surface area contributed by atoms with Crippen LogP contribution >= 0.6 is 0 Å². The van der Waals surface area contributed by atoms with E-state index in [1.54, 1.807) is 6.20 Å². The van der Waals surface area contributed by atoms with Crippen molar-refractivity contribution in [3.8, 4) is 6.07 Å². The summed E-state index contributed by atoms with van der Waals surface area (Å²) in [6.07, 6.45) is 1.80. The first-order valence-electron chi connectivity index (χ1n) is 4.60. The Hall–Kier alpha value is -1.82. The van der Waals surface area contributed by atoms with Crippen LogP contribution < -0.4 is 0 Å². The zero-order valence-corrected chi connectivity index (χ0v) is 8.23. The number of rotatable bonds is 1. The van der Waals surface area contributed by atoms with Crippen LogP contribution in [0.2, 0.25) is 0 Å². The van der Waals surface area contributed by atoms with Gasteiger partial charge in [0.25, 0.3) is 0 Å². The van der Waals surface area contributed by atoms with Crippen LogP contribution in [0.4, 0.5) is 0 Å². The van der Waals surface area contributed by atoms with Crippen molar-refractivity contribution in [2.45, 2.75) is 19.9 Å². The molecule has 0 saturated heterocycles. The smallest absolute Gasteiger partial charge is 0.0991 e. The van der Waals surface area contributed by atoms with Gasteiger partial charge < -0.3 is 0 Å². The highest BCUT2D eigenvalue weighted by Crippen LogP contribution is 2.18. The van der Waals surface area contributed by atoms with Gasteiger partial charge in [-0.25, -0.2) is 0 Å². The highest BCUT2D eigenvalue weighted by Gasteiger charge is 2.05. The van der Waals surface area contributed by atoms with Gasteiger partial charge in [-0.3, -0.25) is 4.68 Å². The minimum absolute atomic E-state index is 0.348. The Bertz CT molecular complexity index is 503. The summed E-state index contributed by atoms with van der Waals surface area (Å²) in [4.78, 5) is 0. The fourth-order valence-electron chi connectivity index (χ4n) is 1.53. The summed E-state index contributed by atoms with van der Waals surface area (Å²) in [7, 11) is 0. The van der Waals surface area contributed by atoms with Crippen LogP contribution in [0.3, 0.4) is 0 Å². The van der Waals surface area contributed by atoms with Gasteiger partial charge in [-0.2, -0.15) is 10.4 Å². The SMILES string of the molecule is CC(C)n1ncc2cc(C#N)ccc21. The molecule has 2 aromatic rings. The number of nitrogens with zero attached hydrogens (tertiary/aromatic N) is 3. The largest absolute Gasteiger partial charge is 0.262 e. The quantitative estimate of drug-likeness (QED) is 0.684. The van der Waals surface area contributed by atoms with Crippen LogP contribution in [0.15, 0.2) is 24.4 Å². The van der Waals surface area contributed by atoms with E-state index in [0.717, 1.165) is 10.9 Å². The molecule has 0 aliphatic rings. The molecule has 14 heavy (non-hydrogen) atoms. The van der Waals surface area contributed by atoms with E-state index in [1.165, 1.54) is 0 Å². The minimum Gasteiger partial charge on any atom is -0.262 e. The fourth-order valence-corrected chi connectivity index (χ4v) is 1.53. The lowest BCUT2D eigenvalue weighted by Crippen LogP contribution is -2.01. The molecule has 0 N–H and O–H groups in total. The highest BCUT2D eigenvalue weighted by atomic mass is 15.3. The second-order valence-electron chi connectivity index (χ2n) is 3.57.